The monoisotopic (exact) mass is 463 g/mol. The molecule has 1 fully saturated rings. The van der Waals surface area contributed by atoms with Gasteiger partial charge in [0.2, 0.25) is 5.91 Å². The number of nitrogens with one attached hydrogen (secondary N) is 1. The van der Waals surface area contributed by atoms with Crippen molar-refractivity contribution >= 4 is 30.7 Å². The van der Waals surface area contributed by atoms with E-state index in [-0.39, 0.29) is 49.2 Å². The third kappa shape index (κ3) is 7.47. The number of benzene rings is 2. The molecule has 1 saturated heterocycles. The van der Waals surface area contributed by atoms with Gasteiger partial charge in [0.25, 0.3) is 0 Å². The molecule has 9 heteroatoms. The fourth-order valence-electron chi connectivity index (χ4n) is 3.46. The SMILES string of the molecule is Cl.Cl.NC(CC(=O)NC1CCN(Cc2ccc(C(F)(F)F)cc2)C1)c1ccccc1. The number of nitrogens with two attached hydrogens (primary N) is 1. The highest BCUT2D eigenvalue weighted by atomic mass is 35.5. The Morgan fingerprint density at radius 2 is 1.73 bits per heavy atom. The van der Waals surface area contributed by atoms with Gasteiger partial charge in [-0.25, -0.2) is 0 Å². The summed E-state index contributed by atoms with van der Waals surface area (Å²) in [6.07, 6.45) is -3.28. The lowest BCUT2D eigenvalue weighted by atomic mass is 10.0. The molecule has 3 N–H and O–H groups in total. The number of carbonyl (C=O) groups excluding carboxylic acids is 1. The van der Waals surface area contributed by atoms with Gasteiger partial charge < -0.3 is 11.1 Å². The Morgan fingerprint density at radius 3 is 2.33 bits per heavy atom. The Bertz CT molecular complexity index is 788. The molecule has 3 rings (SSSR count). The number of carbonyl (C=O) groups is 1. The van der Waals surface area contributed by atoms with E-state index in [0.29, 0.717) is 13.1 Å². The molecular formula is C21H26Cl2F3N3O. The molecule has 2 aromatic carbocycles. The third-order valence-corrected chi connectivity index (χ3v) is 4.96. The summed E-state index contributed by atoms with van der Waals surface area (Å²) in [5.41, 5.74) is 7.20. The summed E-state index contributed by atoms with van der Waals surface area (Å²) >= 11 is 0. The Labute approximate surface area is 186 Å². The Kier molecular flexibility index (Phi) is 10.1. The summed E-state index contributed by atoms with van der Waals surface area (Å²) in [6.45, 7) is 2.03. The van der Waals surface area contributed by atoms with Crippen molar-refractivity contribution in [2.45, 2.75) is 37.6 Å². The quantitative estimate of drug-likeness (QED) is 0.669. The molecule has 1 aliphatic heterocycles. The molecule has 1 aliphatic rings. The number of hydrogen-bond donors (Lipinski definition) is 2. The second-order valence-corrected chi connectivity index (χ2v) is 7.20. The smallest absolute Gasteiger partial charge is 0.352 e. The molecule has 2 unspecified atom stereocenters. The third-order valence-electron chi connectivity index (χ3n) is 4.96. The highest BCUT2D eigenvalue weighted by Crippen LogP contribution is 2.29. The van der Waals surface area contributed by atoms with Crippen molar-refractivity contribution < 1.29 is 18.0 Å². The largest absolute Gasteiger partial charge is 0.416 e. The number of halogens is 5. The minimum absolute atomic E-state index is 0. The molecule has 0 aliphatic carbocycles. The normalized spacial score (nSPS) is 17.5. The van der Waals surface area contributed by atoms with Crippen molar-refractivity contribution in [3.8, 4) is 0 Å². The number of hydrogen-bond acceptors (Lipinski definition) is 3. The van der Waals surface area contributed by atoms with Crippen LogP contribution in [0, 0.1) is 0 Å². The Hall–Kier alpha value is -1.80. The predicted octanol–water partition coefficient (Wildman–Crippen LogP) is 4.33. The van der Waals surface area contributed by atoms with Gasteiger partial charge in [0, 0.05) is 38.1 Å². The molecule has 0 bridgehead atoms. The van der Waals surface area contributed by atoms with Crippen LogP contribution in [0.5, 0.6) is 0 Å². The van der Waals surface area contributed by atoms with Crippen LogP contribution in [-0.2, 0) is 17.5 Å². The summed E-state index contributed by atoms with van der Waals surface area (Å²) in [7, 11) is 0. The van der Waals surface area contributed by atoms with Gasteiger partial charge in [-0.1, -0.05) is 42.5 Å². The van der Waals surface area contributed by atoms with Crippen molar-refractivity contribution in [2.75, 3.05) is 13.1 Å². The van der Waals surface area contributed by atoms with Crippen LogP contribution in [0.3, 0.4) is 0 Å². The molecule has 30 heavy (non-hydrogen) atoms. The van der Waals surface area contributed by atoms with E-state index in [0.717, 1.165) is 36.2 Å². The van der Waals surface area contributed by atoms with E-state index in [1.807, 2.05) is 30.3 Å². The lowest BCUT2D eigenvalue weighted by Crippen LogP contribution is -2.38. The maximum absolute atomic E-state index is 12.6. The van der Waals surface area contributed by atoms with Crippen LogP contribution in [0.25, 0.3) is 0 Å². The predicted molar refractivity (Wildman–Crippen MR) is 116 cm³/mol. The molecule has 2 atom stereocenters. The van der Waals surface area contributed by atoms with Crippen molar-refractivity contribution in [2.24, 2.45) is 5.73 Å². The second kappa shape index (κ2) is 11.6. The molecule has 0 radical (unpaired) electrons. The Morgan fingerprint density at radius 1 is 1.10 bits per heavy atom. The summed E-state index contributed by atoms with van der Waals surface area (Å²) in [5.74, 6) is -0.0854. The fourth-order valence-corrected chi connectivity index (χ4v) is 3.46. The molecule has 1 heterocycles. The minimum atomic E-state index is -4.32. The molecule has 0 aromatic heterocycles. The minimum Gasteiger partial charge on any atom is -0.352 e. The van der Waals surface area contributed by atoms with Crippen LogP contribution in [-0.4, -0.2) is 29.9 Å². The van der Waals surface area contributed by atoms with Crippen molar-refractivity contribution in [1.29, 1.82) is 0 Å². The number of likely N-dealkylation sites (tertiary alicyclic amines) is 1. The molecule has 1 amide bonds. The fraction of sp³-hybridized carbons (Fsp3) is 0.381. The van der Waals surface area contributed by atoms with Gasteiger partial charge in [0.05, 0.1) is 5.56 Å². The van der Waals surface area contributed by atoms with Crippen molar-refractivity contribution in [1.82, 2.24) is 10.2 Å². The highest BCUT2D eigenvalue weighted by Gasteiger charge is 2.30. The molecule has 0 spiro atoms. The van der Waals surface area contributed by atoms with Crippen LogP contribution in [0.15, 0.2) is 54.6 Å². The summed E-state index contributed by atoms with van der Waals surface area (Å²) in [6, 6.07) is 14.4. The molecule has 0 saturated carbocycles. The lowest BCUT2D eigenvalue weighted by molar-refractivity contribution is -0.137. The van der Waals surface area contributed by atoms with Gasteiger partial charge >= 0.3 is 6.18 Å². The summed E-state index contributed by atoms with van der Waals surface area (Å²) in [5, 5.41) is 3.01. The standard InChI is InChI=1S/C21H24F3N3O.2ClH/c22-21(23,24)17-8-6-15(7-9-17)13-27-11-10-18(14-27)26-20(28)12-19(25)16-4-2-1-3-5-16;;/h1-9,18-19H,10-14,25H2,(H,26,28);2*1H. The van der Waals surface area contributed by atoms with Crippen LogP contribution >= 0.6 is 24.8 Å². The highest BCUT2D eigenvalue weighted by molar-refractivity contribution is 5.85. The number of rotatable bonds is 6. The van der Waals surface area contributed by atoms with E-state index >= 15 is 0 Å². The first-order valence-electron chi connectivity index (χ1n) is 9.29. The topological polar surface area (TPSA) is 58.4 Å². The summed E-state index contributed by atoms with van der Waals surface area (Å²) < 4.78 is 37.9. The van der Waals surface area contributed by atoms with Crippen molar-refractivity contribution in [3.63, 3.8) is 0 Å². The second-order valence-electron chi connectivity index (χ2n) is 7.20. The molecule has 4 nitrogen and oxygen atoms in total. The van der Waals surface area contributed by atoms with Crippen LogP contribution < -0.4 is 11.1 Å². The zero-order valence-electron chi connectivity index (χ0n) is 16.3. The zero-order chi connectivity index (χ0) is 20.1. The van der Waals surface area contributed by atoms with E-state index < -0.39 is 11.7 Å². The van der Waals surface area contributed by atoms with E-state index in [1.54, 1.807) is 0 Å². The lowest BCUT2D eigenvalue weighted by Gasteiger charge is -2.18. The Balaban J connectivity index is 0.00000225. The average Bonchev–Trinajstić information content (AvgIpc) is 3.08. The first-order valence-corrected chi connectivity index (χ1v) is 9.29. The van der Waals surface area contributed by atoms with Gasteiger partial charge in [0.1, 0.15) is 0 Å². The van der Waals surface area contributed by atoms with E-state index in [1.165, 1.54) is 12.1 Å². The number of amides is 1. The van der Waals surface area contributed by atoms with Gasteiger partial charge in [0.15, 0.2) is 0 Å². The first-order chi connectivity index (χ1) is 13.3. The van der Waals surface area contributed by atoms with Gasteiger partial charge in [-0.15, -0.1) is 24.8 Å². The first kappa shape index (κ1) is 26.2. The summed E-state index contributed by atoms with van der Waals surface area (Å²) in [4.78, 5) is 14.4. The average molecular weight is 464 g/mol. The van der Waals surface area contributed by atoms with Crippen LogP contribution in [0.2, 0.25) is 0 Å². The molecular weight excluding hydrogens is 438 g/mol. The maximum Gasteiger partial charge on any atom is 0.416 e. The van der Waals surface area contributed by atoms with Gasteiger partial charge in [-0.2, -0.15) is 13.2 Å². The zero-order valence-corrected chi connectivity index (χ0v) is 17.9. The number of alkyl halides is 3. The van der Waals surface area contributed by atoms with E-state index in [9.17, 15) is 18.0 Å². The van der Waals surface area contributed by atoms with E-state index in [4.69, 9.17) is 5.73 Å². The molecule has 2 aromatic rings. The molecule has 166 valence electrons. The van der Waals surface area contributed by atoms with Crippen LogP contribution in [0.1, 0.15) is 35.6 Å². The van der Waals surface area contributed by atoms with Gasteiger partial charge in [-0.05, 0) is 29.7 Å². The van der Waals surface area contributed by atoms with Crippen LogP contribution in [0.4, 0.5) is 13.2 Å². The number of nitrogens with zero attached hydrogens (tertiary/aromatic N) is 1. The van der Waals surface area contributed by atoms with Gasteiger partial charge in [-0.3, -0.25) is 9.69 Å². The maximum atomic E-state index is 12.6. The van der Waals surface area contributed by atoms with Crippen molar-refractivity contribution in [3.05, 3.63) is 71.3 Å². The van der Waals surface area contributed by atoms with E-state index in [2.05, 4.69) is 10.2 Å².